The number of benzene rings is 1. The monoisotopic (exact) mass is 383 g/mol. The van der Waals surface area contributed by atoms with Gasteiger partial charge in [-0.1, -0.05) is 41.7 Å². The lowest BCUT2D eigenvalue weighted by molar-refractivity contribution is -0.152. The Balaban J connectivity index is 1.48. The Morgan fingerprint density at radius 3 is 2.67 bits per heavy atom. The molecule has 2 heterocycles. The van der Waals surface area contributed by atoms with Crippen molar-refractivity contribution in [3.05, 3.63) is 65.3 Å². The Hall–Kier alpha value is -2.73. The standard InChI is InChI=1S/C20H18ClN3O3/c21-16-7-5-15(6-8-16)20(9-1-2-10-20)19(25)26-13-17-23-18(24-27-17)14-4-3-11-22-12-14/h3-8,11-12H,1-2,9-10,13H2. The molecule has 7 heteroatoms. The first-order valence-corrected chi connectivity index (χ1v) is 9.21. The second-order valence-electron chi connectivity index (χ2n) is 6.63. The quantitative estimate of drug-likeness (QED) is 0.610. The Morgan fingerprint density at radius 2 is 1.96 bits per heavy atom. The molecule has 1 fully saturated rings. The third-order valence-corrected chi connectivity index (χ3v) is 5.21. The van der Waals surface area contributed by atoms with Crippen molar-refractivity contribution >= 4 is 17.6 Å². The molecule has 138 valence electrons. The first-order chi connectivity index (χ1) is 13.2. The summed E-state index contributed by atoms with van der Waals surface area (Å²) >= 11 is 5.99. The number of pyridine rings is 1. The van der Waals surface area contributed by atoms with Crippen LogP contribution in [0.4, 0.5) is 0 Å². The maximum atomic E-state index is 12.9. The van der Waals surface area contributed by atoms with E-state index in [1.807, 2.05) is 30.3 Å². The van der Waals surface area contributed by atoms with E-state index < -0.39 is 5.41 Å². The van der Waals surface area contributed by atoms with Crippen LogP contribution >= 0.6 is 11.6 Å². The van der Waals surface area contributed by atoms with Gasteiger partial charge in [0.25, 0.3) is 5.89 Å². The molecule has 0 saturated heterocycles. The molecule has 1 aromatic carbocycles. The van der Waals surface area contributed by atoms with Crippen molar-refractivity contribution in [2.24, 2.45) is 0 Å². The molecule has 0 spiro atoms. The van der Waals surface area contributed by atoms with Gasteiger partial charge in [-0.3, -0.25) is 9.78 Å². The summed E-state index contributed by atoms with van der Waals surface area (Å²) in [5.41, 5.74) is 1.06. The summed E-state index contributed by atoms with van der Waals surface area (Å²) in [5.74, 6) is 0.414. The lowest BCUT2D eigenvalue weighted by Gasteiger charge is -2.27. The molecule has 1 aliphatic carbocycles. The maximum Gasteiger partial charge on any atom is 0.317 e. The van der Waals surface area contributed by atoms with E-state index in [-0.39, 0.29) is 18.5 Å². The Morgan fingerprint density at radius 1 is 1.19 bits per heavy atom. The molecule has 0 bridgehead atoms. The molecule has 0 atom stereocenters. The lowest BCUT2D eigenvalue weighted by atomic mass is 9.79. The first-order valence-electron chi connectivity index (χ1n) is 8.84. The summed E-state index contributed by atoms with van der Waals surface area (Å²) in [6.45, 7) is -0.0541. The second kappa shape index (κ2) is 7.48. The van der Waals surface area contributed by atoms with Crippen molar-refractivity contribution in [2.45, 2.75) is 37.7 Å². The van der Waals surface area contributed by atoms with Crippen LogP contribution in [0.15, 0.2) is 53.3 Å². The Bertz CT molecular complexity index is 919. The molecule has 0 unspecified atom stereocenters. The van der Waals surface area contributed by atoms with Crippen LogP contribution in [0.2, 0.25) is 5.02 Å². The number of ether oxygens (including phenoxy) is 1. The van der Waals surface area contributed by atoms with Gasteiger partial charge >= 0.3 is 5.97 Å². The topological polar surface area (TPSA) is 78.1 Å². The highest BCUT2D eigenvalue weighted by molar-refractivity contribution is 6.30. The van der Waals surface area contributed by atoms with Gasteiger partial charge in [0.2, 0.25) is 5.82 Å². The highest BCUT2D eigenvalue weighted by Crippen LogP contribution is 2.42. The van der Waals surface area contributed by atoms with Crippen LogP contribution in [-0.2, 0) is 21.6 Å². The number of aromatic nitrogens is 3. The van der Waals surface area contributed by atoms with Crippen LogP contribution in [0.3, 0.4) is 0 Å². The van der Waals surface area contributed by atoms with Gasteiger partial charge in [0.15, 0.2) is 6.61 Å². The average Bonchev–Trinajstić information content (AvgIpc) is 3.38. The number of halogens is 1. The highest BCUT2D eigenvalue weighted by atomic mass is 35.5. The number of hydrogen-bond donors (Lipinski definition) is 0. The van der Waals surface area contributed by atoms with Crippen LogP contribution in [-0.4, -0.2) is 21.1 Å². The fourth-order valence-corrected chi connectivity index (χ4v) is 3.68. The van der Waals surface area contributed by atoms with E-state index in [9.17, 15) is 4.79 Å². The highest BCUT2D eigenvalue weighted by Gasteiger charge is 2.44. The number of nitrogens with zero attached hydrogens (tertiary/aromatic N) is 3. The molecule has 27 heavy (non-hydrogen) atoms. The summed E-state index contributed by atoms with van der Waals surface area (Å²) in [6.07, 6.45) is 6.82. The average molecular weight is 384 g/mol. The first kappa shape index (κ1) is 17.7. The molecule has 1 aliphatic rings. The normalized spacial score (nSPS) is 15.6. The molecule has 0 aliphatic heterocycles. The van der Waals surface area contributed by atoms with Crippen LogP contribution in [0.1, 0.15) is 37.1 Å². The molecule has 0 amide bonds. The maximum absolute atomic E-state index is 12.9. The summed E-state index contributed by atoms with van der Waals surface area (Å²) in [4.78, 5) is 21.3. The molecule has 2 aromatic heterocycles. The van der Waals surface area contributed by atoms with E-state index in [0.717, 1.165) is 36.8 Å². The van der Waals surface area contributed by atoms with Gasteiger partial charge in [0.05, 0.1) is 5.41 Å². The number of carbonyl (C=O) groups excluding carboxylic acids is 1. The smallest absolute Gasteiger partial charge is 0.317 e. The van der Waals surface area contributed by atoms with E-state index in [1.165, 1.54) is 0 Å². The van der Waals surface area contributed by atoms with E-state index in [2.05, 4.69) is 15.1 Å². The fraction of sp³-hybridized carbons (Fsp3) is 0.300. The van der Waals surface area contributed by atoms with Gasteiger partial charge < -0.3 is 9.26 Å². The van der Waals surface area contributed by atoms with Gasteiger partial charge in [-0.05, 0) is 42.7 Å². The van der Waals surface area contributed by atoms with Crippen LogP contribution in [0.5, 0.6) is 0 Å². The summed E-state index contributed by atoms with van der Waals surface area (Å²) in [6, 6.07) is 11.1. The molecule has 1 saturated carbocycles. The van der Waals surface area contributed by atoms with Gasteiger partial charge in [0.1, 0.15) is 0 Å². The summed E-state index contributed by atoms with van der Waals surface area (Å²) in [7, 11) is 0. The van der Waals surface area contributed by atoms with Gasteiger partial charge in [-0.15, -0.1) is 0 Å². The van der Waals surface area contributed by atoms with Crippen molar-refractivity contribution in [3.8, 4) is 11.4 Å². The number of rotatable bonds is 5. The van der Waals surface area contributed by atoms with E-state index in [0.29, 0.717) is 10.8 Å². The second-order valence-corrected chi connectivity index (χ2v) is 7.06. The zero-order chi connectivity index (χ0) is 18.7. The summed E-state index contributed by atoms with van der Waals surface area (Å²) in [5, 5.41) is 4.56. The van der Waals surface area contributed by atoms with Crippen molar-refractivity contribution in [1.29, 1.82) is 0 Å². The van der Waals surface area contributed by atoms with E-state index >= 15 is 0 Å². The largest absolute Gasteiger partial charge is 0.455 e. The van der Waals surface area contributed by atoms with Crippen molar-refractivity contribution in [3.63, 3.8) is 0 Å². The third-order valence-electron chi connectivity index (χ3n) is 4.96. The van der Waals surface area contributed by atoms with Gasteiger partial charge in [0, 0.05) is 23.0 Å². The Labute approximate surface area is 161 Å². The lowest BCUT2D eigenvalue weighted by Crippen LogP contribution is -2.34. The zero-order valence-corrected chi connectivity index (χ0v) is 15.4. The van der Waals surface area contributed by atoms with Crippen molar-refractivity contribution in [1.82, 2.24) is 15.1 Å². The number of esters is 1. The van der Waals surface area contributed by atoms with E-state index in [1.54, 1.807) is 18.5 Å². The minimum Gasteiger partial charge on any atom is -0.455 e. The molecule has 6 nitrogen and oxygen atoms in total. The van der Waals surface area contributed by atoms with Crippen LogP contribution in [0, 0.1) is 0 Å². The zero-order valence-electron chi connectivity index (χ0n) is 14.6. The SMILES string of the molecule is O=C(OCc1nc(-c2cccnc2)no1)C1(c2ccc(Cl)cc2)CCCC1. The van der Waals surface area contributed by atoms with Crippen LogP contribution < -0.4 is 0 Å². The van der Waals surface area contributed by atoms with Gasteiger partial charge in [-0.25, -0.2) is 0 Å². The van der Waals surface area contributed by atoms with Gasteiger partial charge in [-0.2, -0.15) is 4.98 Å². The Kier molecular flexibility index (Phi) is 4.90. The minimum atomic E-state index is -0.628. The molecule has 4 rings (SSSR count). The molecule has 3 aromatic rings. The minimum absolute atomic E-state index is 0.0541. The molecular weight excluding hydrogens is 366 g/mol. The van der Waals surface area contributed by atoms with Crippen LogP contribution in [0.25, 0.3) is 11.4 Å². The van der Waals surface area contributed by atoms with Crippen molar-refractivity contribution < 1.29 is 14.1 Å². The van der Waals surface area contributed by atoms with Crippen molar-refractivity contribution in [2.75, 3.05) is 0 Å². The predicted molar refractivity (Wildman–Crippen MR) is 98.9 cm³/mol. The summed E-state index contributed by atoms with van der Waals surface area (Å²) < 4.78 is 10.8. The number of carbonyl (C=O) groups is 1. The third kappa shape index (κ3) is 3.57. The van der Waals surface area contributed by atoms with E-state index in [4.69, 9.17) is 20.9 Å². The number of hydrogen-bond acceptors (Lipinski definition) is 6. The fourth-order valence-electron chi connectivity index (χ4n) is 3.55. The molecular formula is C20H18ClN3O3. The predicted octanol–water partition coefficient (Wildman–Crippen LogP) is 4.34. The molecule has 0 N–H and O–H groups in total. The molecule has 0 radical (unpaired) electrons.